The summed E-state index contributed by atoms with van der Waals surface area (Å²) < 4.78 is 12.1. The molecule has 3 aromatic heterocycles. The fraction of sp³-hybridized carbons (Fsp3) is 0.150. The number of hydrogen-bond acceptors (Lipinski definition) is 7. The van der Waals surface area contributed by atoms with E-state index in [1.54, 1.807) is 22.9 Å². The van der Waals surface area contributed by atoms with Crippen LogP contribution in [0.3, 0.4) is 0 Å². The number of amides is 1. The predicted molar refractivity (Wildman–Crippen MR) is 106 cm³/mol. The largest absolute Gasteiger partial charge is 0.493 e. The zero-order chi connectivity index (χ0) is 20.5. The highest BCUT2D eigenvalue weighted by atomic mass is 16.5. The number of methoxy groups -OCH3 is 1. The predicted octanol–water partition coefficient (Wildman–Crippen LogP) is 2.65. The normalized spacial score (nSPS) is 10.9. The van der Waals surface area contributed by atoms with Gasteiger partial charge in [0.15, 0.2) is 11.3 Å². The first-order valence-corrected chi connectivity index (χ1v) is 8.74. The molecule has 1 N–H and O–H groups in total. The summed E-state index contributed by atoms with van der Waals surface area (Å²) >= 11 is 0. The van der Waals surface area contributed by atoms with Gasteiger partial charge in [-0.3, -0.25) is 4.79 Å². The van der Waals surface area contributed by atoms with Crippen LogP contribution < -0.4 is 15.7 Å². The van der Waals surface area contributed by atoms with Gasteiger partial charge < -0.3 is 14.5 Å². The van der Waals surface area contributed by atoms with E-state index < -0.39 is 11.5 Å². The Morgan fingerprint density at radius 2 is 1.93 bits per heavy atom. The number of benzene rings is 1. The van der Waals surface area contributed by atoms with E-state index in [2.05, 4.69) is 20.4 Å². The van der Waals surface area contributed by atoms with Crippen LogP contribution in [0.2, 0.25) is 0 Å². The Balaban J connectivity index is 1.60. The highest BCUT2D eigenvalue weighted by molar-refractivity contribution is 6.05. The number of aromatic nitrogens is 4. The molecule has 0 unspecified atom stereocenters. The molecular formula is C20H17N5O4. The van der Waals surface area contributed by atoms with Crippen molar-refractivity contribution in [2.45, 2.75) is 13.8 Å². The maximum absolute atomic E-state index is 12.6. The second-order valence-corrected chi connectivity index (χ2v) is 6.39. The van der Waals surface area contributed by atoms with Crippen LogP contribution in [0.1, 0.15) is 21.7 Å². The molecule has 0 radical (unpaired) electrons. The molecule has 146 valence electrons. The van der Waals surface area contributed by atoms with Crippen molar-refractivity contribution in [3.8, 4) is 11.7 Å². The highest BCUT2D eigenvalue weighted by Gasteiger charge is 2.16. The third-order valence-electron chi connectivity index (χ3n) is 4.28. The van der Waals surface area contributed by atoms with Gasteiger partial charge in [-0.25, -0.2) is 19.4 Å². The fourth-order valence-electron chi connectivity index (χ4n) is 2.96. The second-order valence-electron chi connectivity index (χ2n) is 6.39. The van der Waals surface area contributed by atoms with Gasteiger partial charge in [-0.2, -0.15) is 5.10 Å². The van der Waals surface area contributed by atoms with Gasteiger partial charge in [-0.1, -0.05) is 12.1 Å². The molecule has 0 atom stereocenters. The molecule has 0 spiro atoms. The summed E-state index contributed by atoms with van der Waals surface area (Å²) in [6.07, 6.45) is 2.89. The van der Waals surface area contributed by atoms with Crippen LogP contribution in [0.15, 0.2) is 51.9 Å². The molecule has 3 heterocycles. The lowest BCUT2D eigenvalue weighted by Gasteiger charge is -2.07. The number of carbonyl (C=O) groups excluding carboxylic acids is 1. The number of nitrogens with zero attached hydrogens (tertiary/aromatic N) is 4. The van der Waals surface area contributed by atoms with Crippen LogP contribution in [-0.2, 0) is 0 Å². The van der Waals surface area contributed by atoms with Gasteiger partial charge in [0, 0.05) is 11.1 Å². The van der Waals surface area contributed by atoms with Crippen LogP contribution in [0.4, 0.5) is 5.69 Å². The van der Waals surface area contributed by atoms with Gasteiger partial charge in [0.1, 0.15) is 5.56 Å². The lowest BCUT2D eigenvalue weighted by Crippen LogP contribution is -2.21. The van der Waals surface area contributed by atoms with E-state index in [-0.39, 0.29) is 11.1 Å². The molecule has 9 nitrogen and oxygen atoms in total. The van der Waals surface area contributed by atoms with Crippen molar-refractivity contribution in [2.75, 3.05) is 12.4 Å². The van der Waals surface area contributed by atoms with Crippen LogP contribution in [0.5, 0.6) is 5.75 Å². The van der Waals surface area contributed by atoms with Gasteiger partial charge in [0.2, 0.25) is 0 Å². The summed E-state index contributed by atoms with van der Waals surface area (Å²) in [5.41, 5.74) is 1.47. The van der Waals surface area contributed by atoms with Gasteiger partial charge >= 0.3 is 5.63 Å². The van der Waals surface area contributed by atoms with Crippen molar-refractivity contribution in [3.63, 3.8) is 0 Å². The number of anilines is 1. The van der Waals surface area contributed by atoms with Crippen LogP contribution in [-0.4, -0.2) is 32.8 Å². The highest BCUT2D eigenvalue weighted by Crippen LogP contribution is 2.24. The monoisotopic (exact) mass is 391 g/mol. The van der Waals surface area contributed by atoms with Gasteiger partial charge in [-0.05, 0) is 32.0 Å². The number of hydrogen-bond donors (Lipinski definition) is 1. The Kier molecular flexibility index (Phi) is 4.55. The van der Waals surface area contributed by atoms with E-state index >= 15 is 0 Å². The number of rotatable bonds is 4. The van der Waals surface area contributed by atoms with Crippen LogP contribution in [0, 0.1) is 13.8 Å². The van der Waals surface area contributed by atoms with E-state index in [9.17, 15) is 9.59 Å². The minimum absolute atomic E-state index is 0.131. The topological polar surface area (TPSA) is 112 Å². The molecule has 0 fully saturated rings. The second kappa shape index (κ2) is 7.19. The van der Waals surface area contributed by atoms with E-state index in [1.165, 1.54) is 25.6 Å². The Morgan fingerprint density at radius 3 is 2.59 bits per heavy atom. The maximum atomic E-state index is 12.6. The summed E-state index contributed by atoms with van der Waals surface area (Å²) in [7, 11) is 1.48. The molecule has 0 saturated carbocycles. The average Bonchev–Trinajstić information content (AvgIpc) is 3.05. The van der Waals surface area contributed by atoms with Crippen LogP contribution in [0.25, 0.3) is 16.9 Å². The third kappa shape index (κ3) is 3.45. The maximum Gasteiger partial charge on any atom is 0.349 e. The quantitative estimate of drug-likeness (QED) is 0.532. The van der Waals surface area contributed by atoms with E-state index in [4.69, 9.17) is 9.15 Å². The molecular weight excluding hydrogens is 374 g/mol. The molecule has 0 saturated heterocycles. The summed E-state index contributed by atoms with van der Waals surface area (Å²) in [5.74, 6) is 0.177. The molecule has 1 amide bonds. The first-order chi connectivity index (χ1) is 14.0. The minimum atomic E-state index is -0.764. The number of nitrogens with one attached hydrogen (secondary N) is 1. The summed E-state index contributed by atoms with van der Waals surface area (Å²) in [4.78, 5) is 33.3. The standard InChI is InChI=1S/C20H17N5O4/c1-11-7-12(2)25(24-11)20-21-9-14(10-22-20)23-18(26)15-8-13-5-4-6-16(28-3)17(13)29-19(15)27/h4-10H,1-3H3,(H,23,26). The number of aryl methyl sites for hydroxylation is 2. The minimum Gasteiger partial charge on any atom is -0.493 e. The molecule has 4 rings (SSSR count). The average molecular weight is 391 g/mol. The number of para-hydroxylation sites is 1. The summed E-state index contributed by atoms with van der Waals surface area (Å²) in [6.45, 7) is 3.77. The number of fused-ring (bicyclic) bond motifs is 1. The molecule has 0 aliphatic heterocycles. The molecule has 1 aromatic carbocycles. The van der Waals surface area contributed by atoms with Crippen molar-refractivity contribution < 1.29 is 13.9 Å². The fourth-order valence-corrected chi connectivity index (χ4v) is 2.96. The lowest BCUT2D eigenvalue weighted by atomic mass is 10.1. The Morgan fingerprint density at radius 1 is 1.17 bits per heavy atom. The van der Waals surface area contributed by atoms with Crippen molar-refractivity contribution in [3.05, 3.63) is 70.1 Å². The zero-order valence-electron chi connectivity index (χ0n) is 16.0. The van der Waals surface area contributed by atoms with Gasteiger partial charge in [0.25, 0.3) is 11.9 Å². The number of carbonyl (C=O) groups is 1. The summed E-state index contributed by atoms with van der Waals surface area (Å²) in [5, 5.41) is 7.49. The lowest BCUT2D eigenvalue weighted by molar-refractivity contribution is 0.102. The van der Waals surface area contributed by atoms with E-state index in [0.717, 1.165) is 11.4 Å². The SMILES string of the molecule is COc1cccc2cc(C(=O)Nc3cnc(-n4nc(C)cc4C)nc3)c(=O)oc12. The van der Waals surface area contributed by atoms with Gasteiger partial charge in [-0.15, -0.1) is 0 Å². The Hall–Kier alpha value is -4.01. The zero-order valence-corrected chi connectivity index (χ0v) is 16.0. The molecule has 0 aliphatic carbocycles. The van der Waals surface area contributed by atoms with Crippen molar-refractivity contribution in [2.24, 2.45) is 0 Å². The van der Waals surface area contributed by atoms with E-state index in [0.29, 0.717) is 22.8 Å². The van der Waals surface area contributed by atoms with E-state index in [1.807, 2.05) is 19.9 Å². The van der Waals surface area contributed by atoms with Crippen molar-refractivity contribution in [1.29, 1.82) is 0 Å². The molecule has 29 heavy (non-hydrogen) atoms. The molecule has 4 aromatic rings. The first kappa shape index (κ1) is 18.4. The third-order valence-corrected chi connectivity index (χ3v) is 4.28. The van der Waals surface area contributed by atoms with Crippen molar-refractivity contribution in [1.82, 2.24) is 19.7 Å². The summed E-state index contributed by atoms with van der Waals surface area (Å²) in [6, 6.07) is 8.52. The smallest absolute Gasteiger partial charge is 0.349 e. The Labute approximate surface area is 165 Å². The Bertz CT molecular complexity index is 1270. The van der Waals surface area contributed by atoms with Crippen LogP contribution >= 0.6 is 0 Å². The first-order valence-electron chi connectivity index (χ1n) is 8.74. The van der Waals surface area contributed by atoms with Gasteiger partial charge in [0.05, 0.1) is 30.9 Å². The van der Waals surface area contributed by atoms with Crippen molar-refractivity contribution >= 4 is 22.6 Å². The molecule has 9 heteroatoms. The molecule has 0 aliphatic rings. The number of ether oxygens (including phenoxy) is 1. The molecule has 0 bridgehead atoms.